The van der Waals surface area contributed by atoms with E-state index in [-0.39, 0.29) is 11.2 Å². The molecule has 0 aromatic heterocycles. The first-order valence-electron chi connectivity index (χ1n) is 6.91. The highest BCUT2D eigenvalue weighted by Gasteiger charge is 2.12. The van der Waals surface area contributed by atoms with Gasteiger partial charge in [0.05, 0.1) is 0 Å². The Bertz CT molecular complexity index is 168. The first-order valence-corrected chi connectivity index (χ1v) is 7.29. The van der Waals surface area contributed by atoms with E-state index in [0.717, 1.165) is 19.3 Å². The van der Waals surface area contributed by atoms with Gasteiger partial charge in [-0.15, -0.1) is 0 Å². The molecule has 1 nitrogen and oxygen atoms in total. The predicted molar refractivity (Wildman–Crippen MR) is 71.9 cm³/mol. The predicted octanol–water partition coefficient (Wildman–Crippen LogP) is 5.31. The smallest absolute Gasteiger partial charge is 0.224 e. The van der Waals surface area contributed by atoms with E-state index in [0.29, 0.717) is 0 Å². The minimum atomic E-state index is -0.148. The molecule has 0 fully saturated rings. The maximum absolute atomic E-state index is 11.0. The van der Waals surface area contributed by atoms with Crippen LogP contribution >= 0.6 is 11.6 Å². The van der Waals surface area contributed by atoms with Crippen molar-refractivity contribution in [1.29, 1.82) is 0 Å². The van der Waals surface area contributed by atoms with Gasteiger partial charge in [-0.05, 0) is 24.4 Å². The van der Waals surface area contributed by atoms with E-state index in [9.17, 15) is 4.79 Å². The second-order valence-corrected chi connectivity index (χ2v) is 5.05. The number of hydrogen-bond acceptors (Lipinski definition) is 1. The molecule has 0 aromatic rings. The van der Waals surface area contributed by atoms with Gasteiger partial charge in [0.1, 0.15) is 0 Å². The van der Waals surface area contributed by atoms with Gasteiger partial charge in [-0.3, -0.25) is 4.79 Å². The van der Waals surface area contributed by atoms with E-state index in [1.54, 1.807) is 0 Å². The zero-order valence-corrected chi connectivity index (χ0v) is 11.7. The van der Waals surface area contributed by atoms with Gasteiger partial charge >= 0.3 is 0 Å². The summed E-state index contributed by atoms with van der Waals surface area (Å²) in [4.78, 5) is 11.0. The third kappa shape index (κ3) is 9.21. The molecule has 0 radical (unpaired) electrons. The average Bonchev–Trinajstić information content (AvgIpc) is 2.26. The second-order valence-electron chi connectivity index (χ2n) is 4.67. The molecule has 0 aliphatic heterocycles. The zero-order chi connectivity index (χ0) is 12.2. The van der Waals surface area contributed by atoms with Crippen molar-refractivity contribution < 1.29 is 4.79 Å². The molecule has 0 rings (SSSR count). The fourth-order valence-corrected chi connectivity index (χ4v) is 2.27. The Kier molecular flexibility index (Phi) is 11.4. The van der Waals surface area contributed by atoms with Crippen molar-refractivity contribution in [2.24, 2.45) is 5.92 Å². The summed E-state index contributed by atoms with van der Waals surface area (Å²) in [6.07, 6.45) is 12.4. The molecule has 0 aliphatic carbocycles. The summed E-state index contributed by atoms with van der Waals surface area (Å²) in [7, 11) is 0. The Morgan fingerprint density at radius 3 is 1.88 bits per heavy atom. The number of hydrogen-bond donors (Lipinski definition) is 0. The lowest BCUT2D eigenvalue weighted by molar-refractivity contribution is -0.115. The van der Waals surface area contributed by atoms with Gasteiger partial charge in [-0.2, -0.15) is 0 Å². The molecule has 16 heavy (non-hydrogen) atoms. The first-order chi connectivity index (χ1) is 7.72. The molecule has 0 amide bonds. The average molecular weight is 247 g/mol. The van der Waals surface area contributed by atoms with Gasteiger partial charge < -0.3 is 0 Å². The van der Waals surface area contributed by atoms with Crippen molar-refractivity contribution in [1.82, 2.24) is 0 Å². The van der Waals surface area contributed by atoms with E-state index < -0.39 is 0 Å². The van der Waals surface area contributed by atoms with E-state index in [4.69, 9.17) is 11.6 Å². The second kappa shape index (κ2) is 11.4. The number of rotatable bonds is 11. The summed E-state index contributed by atoms with van der Waals surface area (Å²) in [6.45, 7) is 4.28. The van der Waals surface area contributed by atoms with Crippen molar-refractivity contribution >= 4 is 16.8 Å². The fraction of sp³-hybridized carbons (Fsp3) is 0.929. The molecular formula is C14H27ClO. The minimum absolute atomic E-state index is 0.0989. The lowest BCUT2D eigenvalue weighted by Crippen LogP contribution is -2.06. The fourth-order valence-electron chi connectivity index (χ4n) is 2.00. The van der Waals surface area contributed by atoms with E-state index in [2.05, 4.69) is 6.92 Å². The first kappa shape index (κ1) is 16.0. The summed E-state index contributed by atoms with van der Waals surface area (Å²) >= 11 is 5.50. The van der Waals surface area contributed by atoms with E-state index in [1.807, 2.05) is 6.92 Å². The summed E-state index contributed by atoms with van der Waals surface area (Å²) in [5, 5.41) is -0.148. The largest absolute Gasteiger partial charge is 0.281 e. The molecule has 0 saturated heterocycles. The van der Waals surface area contributed by atoms with Crippen molar-refractivity contribution in [2.75, 3.05) is 0 Å². The van der Waals surface area contributed by atoms with Gasteiger partial charge in [-0.25, -0.2) is 0 Å². The number of unbranched alkanes of at least 4 members (excludes halogenated alkanes) is 7. The van der Waals surface area contributed by atoms with Crippen LogP contribution in [-0.4, -0.2) is 5.24 Å². The van der Waals surface area contributed by atoms with Crippen molar-refractivity contribution in [3.8, 4) is 0 Å². The minimum Gasteiger partial charge on any atom is -0.281 e. The molecule has 0 spiro atoms. The highest BCUT2D eigenvalue weighted by Crippen LogP contribution is 2.17. The third-order valence-corrected chi connectivity index (χ3v) is 3.53. The molecule has 2 heteroatoms. The van der Waals surface area contributed by atoms with Crippen LogP contribution in [0.5, 0.6) is 0 Å². The Morgan fingerprint density at radius 2 is 1.44 bits per heavy atom. The molecule has 0 N–H and O–H groups in total. The van der Waals surface area contributed by atoms with E-state index >= 15 is 0 Å². The third-order valence-electron chi connectivity index (χ3n) is 3.22. The standard InChI is InChI=1S/C14H27ClO/c1-3-5-6-7-8-9-10-11-12-13(4-2)14(15)16/h13H,3-12H2,1-2H3/t13-/m0/s1. The summed E-state index contributed by atoms with van der Waals surface area (Å²) in [6, 6.07) is 0. The maximum Gasteiger partial charge on any atom is 0.224 e. The molecule has 0 aliphatic rings. The number of carbonyl (C=O) groups excluding carboxylic acids is 1. The zero-order valence-electron chi connectivity index (χ0n) is 10.9. The maximum atomic E-state index is 11.0. The quantitative estimate of drug-likeness (QED) is 0.357. The molecule has 0 bridgehead atoms. The van der Waals surface area contributed by atoms with Crippen LogP contribution in [0.1, 0.15) is 78.1 Å². The number of carbonyl (C=O) groups is 1. The van der Waals surface area contributed by atoms with Crippen LogP contribution < -0.4 is 0 Å². The number of halogens is 1. The van der Waals surface area contributed by atoms with E-state index in [1.165, 1.54) is 44.9 Å². The monoisotopic (exact) mass is 246 g/mol. The highest BCUT2D eigenvalue weighted by molar-refractivity contribution is 6.63. The highest BCUT2D eigenvalue weighted by atomic mass is 35.5. The Balaban J connectivity index is 3.22. The molecule has 96 valence electrons. The van der Waals surface area contributed by atoms with Gasteiger partial charge in [0.2, 0.25) is 5.24 Å². The molecule has 0 heterocycles. The molecular weight excluding hydrogens is 220 g/mol. The topological polar surface area (TPSA) is 17.1 Å². The van der Waals surface area contributed by atoms with Crippen molar-refractivity contribution in [3.63, 3.8) is 0 Å². The Morgan fingerprint density at radius 1 is 0.938 bits per heavy atom. The van der Waals surface area contributed by atoms with Crippen LogP contribution in [0.3, 0.4) is 0 Å². The molecule has 0 aromatic carbocycles. The normalized spacial score (nSPS) is 12.7. The Hall–Kier alpha value is -0.0400. The van der Waals surface area contributed by atoms with Gasteiger partial charge in [0.15, 0.2) is 0 Å². The van der Waals surface area contributed by atoms with Crippen LogP contribution in [0, 0.1) is 5.92 Å². The lowest BCUT2D eigenvalue weighted by atomic mass is 9.99. The molecule has 0 unspecified atom stereocenters. The van der Waals surface area contributed by atoms with Gasteiger partial charge in [0, 0.05) is 5.92 Å². The summed E-state index contributed by atoms with van der Waals surface area (Å²) in [5.74, 6) is 0.0989. The Labute approximate surface area is 106 Å². The van der Waals surface area contributed by atoms with Gasteiger partial charge in [0.25, 0.3) is 0 Å². The van der Waals surface area contributed by atoms with Crippen LogP contribution in [-0.2, 0) is 4.79 Å². The van der Waals surface area contributed by atoms with Gasteiger partial charge in [-0.1, -0.05) is 65.2 Å². The van der Waals surface area contributed by atoms with Crippen molar-refractivity contribution in [3.05, 3.63) is 0 Å². The SMILES string of the molecule is CCCCCCCCCC[C@H](CC)C(=O)Cl. The summed E-state index contributed by atoms with van der Waals surface area (Å²) < 4.78 is 0. The van der Waals surface area contributed by atoms with Crippen LogP contribution in [0.25, 0.3) is 0 Å². The molecule has 1 atom stereocenters. The summed E-state index contributed by atoms with van der Waals surface area (Å²) in [5.41, 5.74) is 0. The van der Waals surface area contributed by atoms with Crippen LogP contribution in [0.2, 0.25) is 0 Å². The molecule has 0 saturated carbocycles. The van der Waals surface area contributed by atoms with Crippen LogP contribution in [0.4, 0.5) is 0 Å². The van der Waals surface area contributed by atoms with Crippen LogP contribution in [0.15, 0.2) is 0 Å². The lowest BCUT2D eigenvalue weighted by Gasteiger charge is -2.08. The van der Waals surface area contributed by atoms with Crippen molar-refractivity contribution in [2.45, 2.75) is 78.1 Å².